The Hall–Kier alpha value is -2.02. The van der Waals surface area contributed by atoms with Crippen molar-refractivity contribution >= 4 is 27.4 Å². The lowest BCUT2D eigenvalue weighted by molar-refractivity contribution is 0.364. The maximum absolute atomic E-state index is 4.68. The van der Waals surface area contributed by atoms with E-state index in [4.69, 9.17) is 0 Å². The van der Waals surface area contributed by atoms with Crippen LogP contribution in [0.2, 0.25) is 0 Å². The van der Waals surface area contributed by atoms with Gasteiger partial charge in [-0.1, -0.05) is 13.3 Å². The van der Waals surface area contributed by atoms with Gasteiger partial charge < -0.3 is 9.47 Å². The fourth-order valence-electron chi connectivity index (χ4n) is 5.51. The molecule has 3 aromatic heterocycles. The molecule has 3 aliphatic rings. The zero-order valence-electron chi connectivity index (χ0n) is 17.1. The highest BCUT2D eigenvalue weighted by molar-refractivity contribution is 7.18. The number of anilines is 1. The Labute approximate surface area is 175 Å². The van der Waals surface area contributed by atoms with Crippen LogP contribution in [0.5, 0.6) is 0 Å². The van der Waals surface area contributed by atoms with Crippen molar-refractivity contribution in [2.24, 2.45) is 5.41 Å². The van der Waals surface area contributed by atoms with Gasteiger partial charge in [-0.25, -0.2) is 9.97 Å². The van der Waals surface area contributed by atoms with Gasteiger partial charge in [-0.05, 0) is 50.0 Å². The quantitative estimate of drug-likeness (QED) is 0.645. The molecule has 0 unspecified atom stereocenters. The van der Waals surface area contributed by atoms with Crippen molar-refractivity contribution < 1.29 is 0 Å². The standard InChI is InChI=1S/C22H28N6S/c1-2-15-12-16-19(23-14-24-21(16)29-15)27-10-7-22(8-11-27)13-17(22)20-26-25-18-6-4-3-5-9-28(18)20/h12,14,17H,2-11,13H2,1H3/t17-/m1/s1. The topological polar surface area (TPSA) is 59.7 Å². The van der Waals surface area contributed by atoms with Crippen LogP contribution in [0.4, 0.5) is 5.82 Å². The Balaban J connectivity index is 1.20. The predicted octanol–water partition coefficient (Wildman–Crippen LogP) is 4.35. The maximum Gasteiger partial charge on any atom is 0.140 e. The Bertz CT molecular complexity index is 1040. The summed E-state index contributed by atoms with van der Waals surface area (Å²) in [7, 11) is 0. The first-order chi connectivity index (χ1) is 14.3. The number of piperidine rings is 1. The van der Waals surface area contributed by atoms with Gasteiger partial charge in [-0.15, -0.1) is 21.5 Å². The van der Waals surface area contributed by atoms with Gasteiger partial charge in [0.15, 0.2) is 0 Å². The molecule has 2 aliphatic heterocycles. The molecule has 2 fully saturated rings. The van der Waals surface area contributed by atoms with Crippen LogP contribution in [-0.2, 0) is 19.4 Å². The highest BCUT2D eigenvalue weighted by atomic mass is 32.1. The number of aromatic nitrogens is 5. The van der Waals surface area contributed by atoms with Gasteiger partial charge in [0.1, 0.15) is 28.6 Å². The molecule has 3 aromatic rings. The molecule has 1 saturated carbocycles. The number of fused-ring (bicyclic) bond motifs is 2. The van der Waals surface area contributed by atoms with Crippen LogP contribution in [0, 0.1) is 5.41 Å². The van der Waals surface area contributed by atoms with Crippen molar-refractivity contribution in [1.82, 2.24) is 24.7 Å². The average molecular weight is 409 g/mol. The smallest absolute Gasteiger partial charge is 0.140 e. The van der Waals surface area contributed by atoms with Crippen molar-refractivity contribution in [2.45, 2.75) is 70.8 Å². The minimum absolute atomic E-state index is 0.446. The summed E-state index contributed by atoms with van der Waals surface area (Å²) in [4.78, 5) is 14.2. The summed E-state index contributed by atoms with van der Waals surface area (Å²) in [5, 5.41) is 10.4. The zero-order valence-corrected chi connectivity index (χ0v) is 17.9. The van der Waals surface area contributed by atoms with Crippen molar-refractivity contribution in [1.29, 1.82) is 0 Å². The third-order valence-corrected chi connectivity index (χ3v) is 8.59. The summed E-state index contributed by atoms with van der Waals surface area (Å²) >= 11 is 1.81. The minimum Gasteiger partial charge on any atom is -0.356 e. The van der Waals surface area contributed by atoms with Crippen LogP contribution >= 0.6 is 11.3 Å². The summed E-state index contributed by atoms with van der Waals surface area (Å²) in [5.74, 6) is 4.26. The van der Waals surface area contributed by atoms with Crippen molar-refractivity contribution in [3.8, 4) is 0 Å². The summed E-state index contributed by atoms with van der Waals surface area (Å²) < 4.78 is 2.46. The first-order valence-corrected chi connectivity index (χ1v) is 12.0. The summed E-state index contributed by atoms with van der Waals surface area (Å²) in [5.41, 5.74) is 0.446. The largest absolute Gasteiger partial charge is 0.356 e. The molecular formula is C22H28N6S. The molecule has 1 saturated heterocycles. The van der Waals surface area contributed by atoms with E-state index in [9.17, 15) is 0 Å². The number of hydrogen-bond acceptors (Lipinski definition) is 6. The van der Waals surface area contributed by atoms with Gasteiger partial charge in [-0.2, -0.15) is 0 Å². The molecule has 1 atom stereocenters. The van der Waals surface area contributed by atoms with E-state index < -0.39 is 0 Å². The Morgan fingerprint density at radius 3 is 2.86 bits per heavy atom. The lowest BCUT2D eigenvalue weighted by Gasteiger charge is -2.34. The zero-order chi connectivity index (χ0) is 19.4. The molecule has 6 nitrogen and oxygen atoms in total. The Morgan fingerprint density at radius 2 is 2.00 bits per heavy atom. The van der Waals surface area contributed by atoms with Crippen molar-refractivity contribution in [3.63, 3.8) is 0 Å². The van der Waals surface area contributed by atoms with E-state index in [0.29, 0.717) is 11.3 Å². The number of nitrogens with zero attached hydrogens (tertiary/aromatic N) is 6. The molecule has 0 aromatic carbocycles. The van der Waals surface area contributed by atoms with Crippen LogP contribution in [0.1, 0.15) is 67.9 Å². The molecule has 5 heterocycles. The van der Waals surface area contributed by atoms with E-state index in [1.54, 1.807) is 17.7 Å². The van der Waals surface area contributed by atoms with Crippen molar-refractivity contribution in [3.05, 3.63) is 28.9 Å². The number of aryl methyl sites for hydroxylation is 2. The Kier molecular flexibility index (Phi) is 4.15. The molecule has 1 aliphatic carbocycles. The van der Waals surface area contributed by atoms with E-state index in [1.807, 2.05) is 0 Å². The van der Waals surface area contributed by atoms with Crippen molar-refractivity contribution in [2.75, 3.05) is 18.0 Å². The van der Waals surface area contributed by atoms with E-state index >= 15 is 0 Å². The van der Waals surface area contributed by atoms with Crippen LogP contribution in [0.15, 0.2) is 12.4 Å². The van der Waals surface area contributed by atoms with Gasteiger partial charge in [-0.3, -0.25) is 0 Å². The molecule has 29 heavy (non-hydrogen) atoms. The van der Waals surface area contributed by atoms with E-state index in [2.05, 4.69) is 42.6 Å². The number of rotatable bonds is 3. The number of thiophene rings is 1. The predicted molar refractivity (Wildman–Crippen MR) is 116 cm³/mol. The second kappa shape index (κ2) is 6.76. The first-order valence-electron chi connectivity index (χ1n) is 11.2. The summed E-state index contributed by atoms with van der Waals surface area (Å²) in [6, 6.07) is 2.30. The van der Waals surface area contributed by atoms with E-state index in [1.165, 1.54) is 60.4 Å². The molecule has 0 amide bonds. The van der Waals surface area contributed by atoms with Crippen LogP contribution in [-0.4, -0.2) is 37.8 Å². The molecular weight excluding hydrogens is 380 g/mol. The molecule has 152 valence electrons. The highest BCUT2D eigenvalue weighted by Crippen LogP contribution is 2.64. The molecule has 6 rings (SSSR count). The first kappa shape index (κ1) is 17.8. The number of hydrogen-bond donors (Lipinski definition) is 0. The fraction of sp³-hybridized carbons (Fsp3) is 0.636. The molecule has 7 heteroatoms. The second-order valence-corrected chi connectivity index (χ2v) is 10.1. The molecule has 0 bridgehead atoms. The van der Waals surface area contributed by atoms with Gasteiger partial charge in [0.05, 0.1) is 5.39 Å². The molecule has 0 N–H and O–H groups in total. The van der Waals surface area contributed by atoms with E-state index in [-0.39, 0.29) is 0 Å². The van der Waals surface area contributed by atoms with Gasteiger partial charge >= 0.3 is 0 Å². The minimum atomic E-state index is 0.446. The lowest BCUT2D eigenvalue weighted by atomic mass is 9.90. The third kappa shape index (κ3) is 2.88. The van der Waals surface area contributed by atoms with Crippen LogP contribution < -0.4 is 4.90 Å². The third-order valence-electron chi connectivity index (χ3n) is 7.41. The Morgan fingerprint density at radius 1 is 1.10 bits per heavy atom. The van der Waals surface area contributed by atoms with Crippen LogP contribution in [0.3, 0.4) is 0 Å². The fourth-order valence-corrected chi connectivity index (χ4v) is 6.44. The molecule has 1 spiro atoms. The highest BCUT2D eigenvalue weighted by Gasteiger charge is 2.57. The van der Waals surface area contributed by atoms with Gasteiger partial charge in [0.2, 0.25) is 0 Å². The van der Waals surface area contributed by atoms with Crippen LogP contribution in [0.25, 0.3) is 10.2 Å². The van der Waals surface area contributed by atoms with E-state index in [0.717, 1.165) is 43.1 Å². The normalized spacial score (nSPS) is 23.3. The second-order valence-electron chi connectivity index (χ2n) is 9.03. The monoisotopic (exact) mass is 408 g/mol. The van der Waals surface area contributed by atoms with Gasteiger partial charge in [0.25, 0.3) is 0 Å². The lowest BCUT2D eigenvalue weighted by Crippen LogP contribution is -2.35. The summed E-state index contributed by atoms with van der Waals surface area (Å²) in [6.45, 7) is 5.50. The van der Waals surface area contributed by atoms with Gasteiger partial charge in [0, 0.05) is 36.9 Å². The molecule has 0 radical (unpaired) electrons. The summed E-state index contributed by atoms with van der Waals surface area (Å²) in [6.07, 6.45) is 11.5. The average Bonchev–Trinajstić information content (AvgIpc) is 3.14. The maximum atomic E-state index is 4.68. The SMILES string of the molecule is CCc1cc2c(N3CCC4(CC3)C[C@@H]4c3nnc4n3CCCCC4)ncnc2s1.